The molecule has 20 heavy (non-hydrogen) atoms. The van der Waals surface area contributed by atoms with Crippen molar-refractivity contribution in [2.24, 2.45) is 0 Å². The van der Waals surface area contributed by atoms with Crippen LogP contribution in [0.15, 0.2) is 12.1 Å². The number of aliphatic hydroxyl groups excluding tert-OH is 1. The number of hydrogen-bond donors (Lipinski definition) is 2. The SMILES string of the molecule is COc1cc2c(cc1CNCCOCCO)OC(C)C2. The molecule has 1 atom stereocenters. The second-order valence-corrected chi connectivity index (χ2v) is 4.92. The number of ether oxygens (including phenoxy) is 3. The van der Waals surface area contributed by atoms with E-state index in [4.69, 9.17) is 19.3 Å². The van der Waals surface area contributed by atoms with Gasteiger partial charge in [-0.15, -0.1) is 0 Å². The Kier molecular flexibility index (Phi) is 5.64. The molecule has 0 fully saturated rings. The summed E-state index contributed by atoms with van der Waals surface area (Å²) in [6, 6.07) is 4.12. The largest absolute Gasteiger partial charge is 0.496 e. The van der Waals surface area contributed by atoms with E-state index >= 15 is 0 Å². The summed E-state index contributed by atoms with van der Waals surface area (Å²) in [6.07, 6.45) is 1.18. The molecular weight excluding hydrogens is 258 g/mol. The summed E-state index contributed by atoms with van der Waals surface area (Å²) in [5, 5.41) is 11.9. The monoisotopic (exact) mass is 281 g/mol. The third-order valence-corrected chi connectivity index (χ3v) is 3.27. The summed E-state index contributed by atoms with van der Waals surface area (Å²) in [5.74, 6) is 1.86. The van der Waals surface area contributed by atoms with E-state index in [-0.39, 0.29) is 12.7 Å². The maximum absolute atomic E-state index is 8.60. The average Bonchev–Trinajstić information content (AvgIpc) is 2.80. The van der Waals surface area contributed by atoms with Gasteiger partial charge in [-0.25, -0.2) is 0 Å². The fraction of sp³-hybridized carbons (Fsp3) is 0.600. The Morgan fingerprint density at radius 1 is 1.40 bits per heavy atom. The maximum Gasteiger partial charge on any atom is 0.123 e. The Balaban J connectivity index is 1.89. The van der Waals surface area contributed by atoms with Gasteiger partial charge in [0.05, 0.1) is 26.9 Å². The summed E-state index contributed by atoms with van der Waals surface area (Å²) < 4.78 is 16.4. The van der Waals surface area contributed by atoms with Crippen LogP contribution in [-0.4, -0.2) is 44.7 Å². The van der Waals surface area contributed by atoms with Crippen LogP contribution in [0.4, 0.5) is 0 Å². The highest BCUT2D eigenvalue weighted by Crippen LogP contribution is 2.34. The topological polar surface area (TPSA) is 60.0 Å². The van der Waals surface area contributed by atoms with Gasteiger partial charge in [0.2, 0.25) is 0 Å². The van der Waals surface area contributed by atoms with Crippen LogP contribution in [0.5, 0.6) is 11.5 Å². The van der Waals surface area contributed by atoms with E-state index in [0.29, 0.717) is 19.8 Å². The standard InChI is InChI=1S/C15H23NO4/c1-11-7-12-8-14(18-2)13(9-15(12)20-11)10-16-3-5-19-6-4-17/h8-9,11,16-17H,3-7,10H2,1-2H3. The fourth-order valence-corrected chi connectivity index (χ4v) is 2.34. The van der Waals surface area contributed by atoms with Gasteiger partial charge in [-0.3, -0.25) is 0 Å². The first kappa shape index (κ1) is 15.1. The zero-order chi connectivity index (χ0) is 14.4. The molecule has 1 aromatic carbocycles. The van der Waals surface area contributed by atoms with Crippen LogP contribution in [0.1, 0.15) is 18.1 Å². The Bertz CT molecular complexity index is 436. The Morgan fingerprint density at radius 2 is 2.25 bits per heavy atom. The number of methoxy groups -OCH3 is 1. The highest BCUT2D eigenvalue weighted by Gasteiger charge is 2.21. The highest BCUT2D eigenvalue weighted by atomic mass is 16.5. The molecule has 2 rings (SSSR count). The van der Waals surface area contributed by atoms with Crippen molar-refractivity contribution in [1.29, 1.82) is 0 Å². The molecule has 1 heterocycles. The molecule has 0 aliphatic carbocycles. The first-order valence-corrected chi connectivity index (χ1v) is 7.00. The normalized spacial score (nSPS) is 16.9. The average molecular weight is 281 g/mol. The van der Waals surface area contributed by atoms with Gasteiger partial charge in [0.25, 0.3) is 0 Å². The van der Waals surface area contributed by atoms with Gasteiger partial charge in [0.1, 0.15) is 17.6 Å². The van der Waals surface area contributed by atoms with Crippen LogP contribution in [0.3, 0.4) is 0 Å². The molecule has 112 valence electrons. The van der Waals surface area contributed by atoms with Crippen LogP contribution in [0.25, 0.3) is 0 Å². The lowest BCUT2D eigenvalue weighted by molar-refractivity contribution is 0.0937. The number of fused-ring (bicyclic) bond motifs is 1. The van der Waals surface area contributed by atoms with Crippen LogP contribution in [-0.2, 0) is 17.7 Å². The van der Waals surface area contributed by atoms with E-state index in [1.54, 1.807) is 7.11 Å². The van der Waals surface area contributed by atoms with Crippen molar-refractivity contribution < 1.29 is 19.3 Å². The second kappa shape index (κ2) is 7.47. The van der Waals surface area contributed by atoms with Crippen molar-refractivity contribution in [3.8, 4) is 11.5 Å². The molecule has 1 aliphatic heterocycles. The summed E-state index contributed by atoms with van der Waals surface area (Å²) in [6.45, 7) is 4.54. The van der Waals surface area contributed by atoms with Crippen molar-refractivity contribution in [2.45, 2.75) is 26.0 Å². The molecule has 0 saturated heterocycles. The molecule has 1 unspecified atom stereocenters. The van der Waals surface area contributed by atoms with Crippen molar-refractivity contribution >= 4 is 0 Å². The molecule has 0 spiro atoms. The molecule has 0 bridgehead atoms. The van der Waals surface area contributed by atoms with Gasteiger partial charge in [-0.2, -0.15) is 0 Å². The zero-order valence-corrected chi connectivity index (χ0v) is 12.1. The number of nitrogens with one attached hydrogen (secondary N) is 1. The number of benzene rings is 1. The molecule has 0 aromatic heterocycles. The molecule has 1 aromatic rings. The quantitative estimate of drug-likeness (QED) is 0.699. The van der Waals surface area contributed by atoms with Gasteiger partial charge in [-0.1, -0.05) is 0 Å². The van der Waals surface area contributed by atoms with Gasteiger partial charge < -0.3 is 24.6 Å². The third-order valence-electron chi connectivity index (χ3n) is 3.27. The Morgan fingerprint density at radius 3 is 3.00 bits per heavy atom. The first-order valence-electron chi connectivity index (χ1n) is 7.00. The van der Waals surface area contributed by atoms with Crippen LogP contribution in [0, 0.1) is 0 Å². The summed E-state index contributed by atoms with van der Waals surface area (Å²) in [7, 11) is 1.69. The van der Waals surface area contributed by atoms with Gasteiger partial charge in [0, 0.05) is 30.6 Å². The minimum atomic E-state index is 0.0637. The van der Waals surface area contributed by atoms with Crippen LogP contribution < -0.4 is 14.8 Å². The van der Waals surface area contributed by atoms with Gasteiger partial charge in [0.15, 0.2) is 0 Å². The zero-order valence-electron chi connectivity index (χ0n) is 12.1. The summed E-state index contributed by atoms with van der Waals surface area (Å²) >= 11 is 0. The number of rotatable bonds is 8. The molecule has 0 saturated carbocycles. The smallest absolute Gasteiger partial charge is 0.123 e. The van der Waals surface area contributed by atoms with Crippen molar-refractivity contribution in [1.82, 2.24) is 5.32 Å². The molecule has 5 nitrogen and oxygen atoms in total. The van der Waals surface area contributed by atoms with E-state index in [1.165, 1.54) is 5.56 Å². The molecule has 0 amide bonds. The summed E-state index contributed by atoms with van der Waals surface area (Å²) in [5.41, 5.74) is 2.30. The van der Waals surface area contributed by atoms with Crippen molar-refractivity contribution in [2.75, 3.05) is 33.5 Å². The Hall–Kier alpha value is -1.30. The highest BCUT2D eigenvalue weighted by molar-refractivity contribution is 5.48. The Labute approximate surface area is 119 Å². The maximum atomic E-state index is 8.60. The lowest BCUT2D eigenvalue weighted by Crippen LogP contribution is -2.20. The molecule has 5 heteroatoms. The van der Waals surface area contributed by atoms with Crippen molar-refractivity contribution in [3.63, 3.8) is 0 Å². The molecular formula is C15H23NO4. The van der Waals surface area contributed by atoms with Gasteiger partial charge >= 0.3 is 0 Å². The predicted octanol–water partition coefficient (Wildman–Crippen LogP) is 1.12. The van der Waals surface area contributed by atoms with Crippen LogP contribution >= 0.6 is 0 Å². The molecule has 0 radical (unpaired) electrons. The van der Waals surface area contributed by atoms with E-state index < -0.39 is 0 Å². The summed E-state index contributed by atoms with van der Waals surface area (Å²) in [4.78, 5) is 0. The minimum absolute atomic E-state index is 0.0637. The lowest BCUT2D eigenvalue weighted by atomic mass is 10.1. The minimum Gasteiger partial charge on any atom is -0.496 e. The van der Waals surface area contributed by atoms with Crippen LogP contribution in [0.2, 0.25) is 0 Å². The lowest BCUT2D eigenvalue weighted by Gasteiger charge is -2.12. The van der Waals surface area contributed by atoms with E-state index in [9.17, 15) is 0 Å². The van der Waals surface area contributed by atoms with E-state index in [1.807, 2.05) is 0 Å². The van der Waals surface area contributed by atoms with E-state index in [2.05, 4.69) is 24.4 Å². The van der Waals surface area contributed by atoms with Gasteiger partial charge in [-0.05, 0) is 19.1 Å². The third kappa shape index (κ3) is 3.85. The first-order chi connectivity index (χ1) is 9.74. The fourth-order valence-electron chi connectivity index (χ4n) is 2.34. The molecule has 2 N–H and O–H groups in total. The predicted molar refractivity (Wildman–Crippen MR) is 76.4 cm³/mol. The number of hydrogen-bond acceptors (Lipinski definition) is 5. The van der Waals surface area contributed by atoms with E-state index in [0.717, 1.165) is 30.0 Å². The second-order valence-electron chi connectivity index (χ2n) is 4.92. The molecule has 1 aliphatic rings. The number of aliphatic hydroxyl groups is 1. The van der Waals surface area contributed by atoms with Crippen molar-refractivity contribution in [3.05, 3.63) is 23.3 Å².